The zero-order valence-corrected chi connectivity index (χ0v) is 10.2. The molecule has 1 aromatic carbocycles. The first kappa shape index (κ1) is 12.2. The quantitative estimate of drug-likeness (QED) is 0.542. The fourth-order valence-electron chi connectivity index (χ4n) is 2.09. The Labute approximate surface area is 112 Å². The van der Waals surface area contributed by atoms with Gasteiger partial charge in [0.1, 0.15) is 12.4 Å². The van der Waals surface area contributed by atoms with Crippen LogP contribution in [-0.4, -0.2) is 19.7 Å². The number of nitro groups is 1. The molecule has 3 rings (SSSR count). The number of hydrogen-bond acceptors (Lipinski definition) is 4. The van der Waals surface area contributed by atoms with Crippen LogP contribution in [0, 0.1) is 15.9 Å². The molecule has 0 N–H and O–H groups in total. The molecule has 0 spiro atoms. The minimum absolute atomic E-state index is 0.113. The van der Waals surface area contributed by atoms with Crippen LogP contribution in [0.15, 0.2) is 42.7 Å². The summed E-state index contributed by atoms with van der Waals surface area (Å²) in [6.07, 6.45) is 2.92. The van der Waals surface area contributed by atoms with Gasteiger partial charge in [-0.3, -0.25) is 4.98 Å². The molecule has 0 saturated heterocycles. The maximum atomic E-state index is 13.7. The number of pyridine rings is 1. The highest BCUT2D eigenvalue weighted by atomic mass is 19.1. The molecule has 3 aromatic rings. The number of benzene rings is 1. The van der Waals surface area contributed by atoms with Gasteiger partial charge in [0.2, 0.25) is 0 Å². The third-order valence-electron chi connectivity index (χ3n) is 3.00. The Morgan fingerprint density at radius 3 is 2.90 bits per heavy atom. The van der Waals surface area contributed by atoms with Crippen molar-refractivity contribution in [2.45, 2.75) is 6.54 Å². The Balaban J connectivity index is 2.09. The van der Waals surface area contributed by atoms with E-state index >= 15 is 0 Å². The second-order valence-corrected chi connectivity index (χ2v) is 4.21. The van der Waals surface area contributed by atoms with E-state index in [2.05, 4.69) is 10.1 Å². The molecule has 2 aromatic heterocycles. The Hall–Kier alpha value is -2.83. The number of halogens is 1. The molecule has 0 amide bonds. The summed E-state index contributed by atoms with van der Waals surface area (Å²) in [4.78, 5) is 14.5. The second-order valence-electron chi connectivity index (χ2n) is 4.21. The van der Waals surface area contributed by atoms with E-state index in [1.54, 1.807) is 24.4 Å². The molecule has 7 heteroatoms. The lowest BCUT2D eigenvalue weighted by Crippen LogP contribution is -2.07. The third kappa shape index (κ3) is 1.99. The molecule has 0 unspecified atom stereocenters. The zero-order chi connectivity index (χ0) is 14.1. The van der Waals surface area contributed by atoms with Gasteiger partial charge in [-0.05, 0) is 29.2 Å². The number of rotatable bonds is 3. The molecule has 100 valence electrons. The summed E-state index contributed by atoms with van der Waals surface area (Å²) in [6, 6.07) is 7.48. The monoisotopic (exact) mass is 272 g/mol. The second kappa shape index (κ2) is 4.69. The Kier molecular flexibility index (Phi) is 2.86. The maximum absolute atomic E-state index is 13.7. The first-order valence-corrected chi connectivity index (χ1v) is 5.85. The van der Waals surface area contributed by atoms with Crippen molar-refractivity contribution in [3.05, 3.63) is 64.2 Å². The van der Waals surface area contributed by atoms with Gasteiger partial charge in [0.25, 0.3) is 0 Å². The van der Waals surface area contributed by atoms with Crippen LogP contribution in [0.5, 0.6) is 0 Å². The Morgan fingerprint density at radius 2 is 2.10 bits per heavy atom. The van der Waals surface area contributed by atoms with Gasteiger partial charge in [0.15, 0.2) is 0 Å². The van der Waals surface area contributed by atoms with Crippen molar-refractivity contribution in [2.24, 2.45) is 0 Å². The van der Waals surface area contributed by atoms with Gasteiger partial charge < -0.3 is 10.1 Å². The van der Waals surface area contributed by atoms with E-state index in [0.717, 1.165) is 0 Å². The molecule has 6 nitrogen and oxygen atoms in total. The number of nitrogens with zero attached hydrogens (tertiary/aromatic N) is 4. The summed E-state index contributed by atoms with van der Waals surface area (Å²) in [5, 5.41) is 15.2. The molecule has 0 aliphatic rings. The molecule has 0 fully saturated rings. The van der Waals surface area contributed by atoms with Crippen LogP contribution in [0.1, 0.15) is 5.56 Å². The van der Waals surface area contributed by atoms with Gasteiger partial charge in [-0.2, -0.15) is 0 Å². The fourth-order valence-corrected chi connectivity index (χ4v) is 2.09. The van der Waals surface area contributed by atoms with Gasteiger partial charge >= 0.3 is 5.82 Å². The lowest BCUT2D eigenvalue weighted by molar-refractivity contribution is -0.392. The predicted molar refractivity (Wildman–Crippen MR) is 69.7 cm³/mol. The van der Waals surface area contributed by atoms with Crippen molar-refractivity contribution in [3.8, 4) is 0 Å². The van der Waals surface area contributed by atoms with Crippen molar-refractivity contribution in [2.75, 3.05) is 0 Å². The van der Waals surface area contributed by atoms with E-state index in [-0.39, 0.29) is 18.2 Å². The van der Waals surface area contributed by atoms with Crippen LogP contribution in [0.3, 0.4) is 0 Å². The van der Waals surface area contributed by atoms with E-state index in [0.29, 0.717) is 16.5 Å². The molecule has 0 aliphatic carbocycles. The van der Waals surface area contributed by atoms with Crippen LogP contribution in [-0.2, 0) is 6.54 Å². The average Bonchev–Trinajstić information content (AvgIpc) is 2.91. The van der Waals surface area contributed by atoms with Gasteiger partial charge in [-0.25, -0.2) is 4.39 Å². The maximum Gasteiger partial charge on any atom is 0.345 e. The van der Waals surface area contributed by atoms with Crippen LogP contribution in [0.25, 0.3) is 10.9 Å². The smallest absolute Gasteiger partial charge is 0.345 e. The van der Waals surface area contributed by atoms with Gasteiger partial charge in [0.05, 0.1) is 17.8 Å². The van der Waals surface area contributed by atoms with Gasteiger partial charge in [0, 0.05) is 17.1 Å². The van der Waals surface area contributed by atoms with Crippen molar-refractivity contribution in [1.29, 1.82) is 0 Å². The molecular formula is C13H9FN4O2. The number of aromatic nitrogens is 3. The summed E-state index contributed by atoms with van der Waals surface area (Å²) >= 11 is 0. The summed E-state index contributed by atoms with van der Waals surface area (Å²) < 4.78 is 14.9. The van der Waals surface area contributed by atoms with Crippen molar-refractivity contribution >= 4 is 16.7 Å². The molecule has 20 heavy (non-hydrogen) atoms. The SMILES string of the molecule is O=[N+]([O-])c1ccnn1Cc1ccc(F)c2cccnc12. The fraction of sp³-hybridized carbons (Fsp3) is 0.0769. The molecule has 0 bridgehead atoms. The van der Waals surface area contributed by atoms with Crippen molar-refractivity contribution in [1.82, 2.24) is 14.8 Å². The number of fused-ring (bicyclic) bond motifs is 1. The van der Waals surface area contributed by atoms with E-state index in [4.69, 9.17) is 0 Å². The minimum atomic E-state index is -0.508. The summed E-state index contributed by atoms with van der Waals surface area (Å²) in [6.45, 7) is 0.164. The van der Waals surface area contributed by atoms with E-state index < -0.39 is 4.92 Å². The summed E-state index contributed by atoms with van der Waals surface area (Å²) in [5.74, 6) is -0.481. The molecule has 0 aliphatic heterocycles. The number of hydrogen-bond donors (Lipinski definition) is 0. The lowest BCUT2D eigenvalue weighted by Gasteiger charge is -2.05. The van der Waals surface area contributed by atoms with E-state index in [1.165, 1.54) is 23.0 Å². The normalized spacial score (nSPS) is 10.8. The van der Waals surface area contributed by atoms with Crippen LogP contribution in [0.2, 0.25) is 0 Å². The first-order chi connectivity index (χ1) is 9.66. The molecule has 0 atom stereocenters. The largest absolute Gasteiger partial charge is 0.358 e. The third-order valence-corrected chi connectivity index (χ3v) is 3.00. The van der Waals surface area contributed by atoms with Gasteiger partial charge in [-0.15, -0.1) is 4.68 Å². The highest BCUT2D eigenvalue weighted by Crippen LogP contribution is 2.21. The van der Waals surface area contributed by atoms with Gasteiger partial charge in [-0.1, -0.05) is 5.10 Å². The first-order valence-electron chi connectivity index (χ1n) is 5.85. The average molecular weight is 272 g/mol. The predicted octanol–water partition coefficient (Wildman–Crippen LogP) is 2.53. The van der Waals surface area contributed by atoms with E-state index in [1.807, 2.05) is 0 Å². The lowest BCUT2D eigenvalue weighted by atomic mass is 10.1. The van der Waals surface area contributed by atoms with Crippen LogP contribution < -0.4 is 0 Å². The molecular weight excluding hydrogens is 263 g/mol. The van der Waals surface area contributed by atoms with E-state index in [9.17, 15) is 14.5 Å². The molecule has 0 radical (unpaired) electrons. The topological polar surface area (TPSA) is 73.8 Å². The Bertz CT molecular complexity index is 800. The standard InChI is InChI=1S/C13H9FN4O2/c14-11-4-3-9(13-10(11)2-1-6-15-13)8-17-12(18(19)20)5-7-16-17/h1-7H,8H2. The molecule has 2 heterocycles. The zero-order valence-electron chi connectivity index (χ0n) is 10.2. The Morgan fingerprint density at radius 1 is 1.25 bits per heavy atom. The van der Waals surface area contributed by atoms with Crippen molar-refractivity contribution < 1.29 is 9.31 Å². The summed E-state index contributed by atoms with van der Waals surface area (Å²) in [5.41, 5.74) is 1.16. The highest BCUT2D eigenvalue weighted by Gasteiger charge is 2.16. The van der Waals surface area contributed by atoms with Crippen molar-refractivity contribution in [3.63, 3.8) is 0 Å². The highest BCUT2D eigenvalue weighted by molar-refractivity contribution is 5.82. The molecule has 0 saturated carbocycles. The van der Waals surface area contributed by atoms with Crippen LogP contribution in [0.4, 0.5) is 10.2 Å². The minimum Gasteiger partial charge on any atom is -0.358 e. The summed E-state index contributed by atoms with van der Waals surface area (Å²) in [7, 11) is 0. The van der Waals surface area contributed by atoms with Crippen LogP contribution >= 0.6 is 0 Å².